The maximum atomic E-state index is 13.3. The van der Waals surface area contributed by atoms with Gasteiger partial charge in [-0.1, -0.05) is 26.0 Å². The quantitative estimate of drug-likeness (QED) is 0.781. The summed E-state index contributed by atoms with van der Waals surface area (Å²) in [6, 6.07) is 0. The van der Waals surface area contributed by atoms with Crippen molar-refractivity contribution >= 4 is 22.4 Å². The largest absolute Gasteiger partial charge is 0.345 e. The molecule has 2 unspecified atom stereocenters. The van der Waals surface area contributed by atoms with Crippen LogP contribution >= 0.6 is 11.3 Å². The van der Waals surface area contributed by atoms with Crippen LogP contribution in [0.3, 0.4) is 0 Å². The van der Waals surface area contributed by atoms with E-state index in [2.05, 4.69) is 35.2 Å². The summed E-state index contributed by atoms with van der Waals surface area (Å²) in [6.45, 7) is 12.3. The molecule has 2 saturated carbocycles. The van der Waals surface area contributed by atoms with Crippen molar-refractivity contribution in [2.45, 2.75) is 33.1 Å². The molecular formula is C18H25N3OS. The van der Waals surface area contributed by atoms with Gasteiger partial charge in [-0.2, -0.15) is 0 Å². The van der Waals surface area contributed by atoms with Crippen LogP contribution in [0.5, 0.6) is 0 Å². The minimum atomic E-state index is -0.266. The molecule has 2 bridgehead atoms. The molecule has 124 valence electrons. The highest BCUT2D eigenvalue weighted by Gasteiger charge is 2.61. The third-order valence-electron chi connectivity index (χ3n) is 6.56. The molecule has 23 heavy (non-hydrogen) atoms. The first-order chi connectivity index (χ1) is 10.9. The SMILES string of the molecule is C=C1C2(C(=O)N3CCN(c4nccs4)CC3)CCC(C2)C1(C)C. The molecule has 1 amide bonds. The Balaban J connectivity index is 1.48. The lowest BCUT2D eigenvalue weighted by atomic mass is 9.68. The molecule has 2 aliphatic carbocycles. The van der Waals surface area contributed by atoms with Crippen molar-refractivity contribution in [3.05, 3.63) is 23.7 Å². The lowest BCUT2D eigenvalue weighted by Gasteiger charge is -2.42. The number of carbonyl (C=O) groups is 1. The molecule has 4 rings (SSSR count). The van der Waals surface area contributed by atoms with E-state index in [1.54, 1.807) is 11.3 Å². The molecule has 3 fully saturated rings. The molecule has 0 radical (unpaired) electrons. The van der Waals surface area contributed by atoms with E-state index in [1.165, 1.54) is 12.0 Å². The minimum absolute atomic E-state index is 0.122. The van der Waals surface area contributed by atoms with Crippen LogP contribution in [0.1, 0.15) is 33.1 Å². The van der Waals surface area contributed by atoms with E-state index in [1.807, 2.05) is 11.6 Å². The Hall–Kier alpha value is -1.36. The van der Waals surface area contributed by atoms with Crippen LogP contribution in [0.25, 0.3) is 0 Å². The summed E-state index contributed by atoms with van der Waals surface area (Å²) >= 11 is 1.67. The second-order valence-corrected chi connectivity index (χ2v) is 8.69. The van der Waals surface area contributed by atoms with Gasteiger partial charge in [0.05, 0.1) is 5.41 Å². The highest BCUT2D eigenvalue weighted by molar-refractivity contribution is 7.13. The van der Waals surface area contributed by atoms with Crippen molar-refractivity contribution in [2.24, 2.45) is 16.7 Å². The van der Waals surface area contributed by atoms with E-state index in [0.717, 1.165) is 44.2 Å². The lowest BCUT2D eigenvalue weighted by molar-refractivity contribution is -0.140. The van der Waals surface area contributed by atoms with Gasteiger partial charge in [0, 0.05) is 37.8 Å². The molecule has 3 aliphatic rings. The van der Waals surface area contributed by atoms with E-state index in [-0.39, 0.29) is 10.8 Å². The summed E-state index contributed by atoms with van der Waals surface area (Å²) in [7, 11) is 0. The summed E-state index contributed by atoms with van der Waals surface area (Å²) < 4.78 is 0. The monoisotopic (exact) mass is 331 g/mol. The number of hydrogen-bond donors (Lipinski definition) is 0. The van der Waals surface area contributed by atoms with E-state index >= 15 is 0 Å². The molecule has 0 N–H and O–H groups in total. The third-order valence-corrected chi connectivity index (χ3v) is 7.39. The Morgan fingerprint density at radius 3 is 2.65 bits per heavy atom. The van der Waals surface area contributed by atoms with Crippen molar-refractivity contribution in [3.63, 3.8) is 0 Å². The first-order valence-corrected chi connectivity index (χ1v) is 9.47. The lowest BCUT2D eigenvalue weighted by Crippen LogP contribution is -2.53. The van der Waals surface area contributed by atoms with E-state index in [0.29, 0.717) is 11.8 Å². The summed E-state index contributed by atoms with van der Waals surface area (Å²) in [5.41, 5.74) is 1.04. The van der Waals surface area contributed by atoms with Gasteiger partial charge < -0.3 is 9.80 Å². The predicted octanol–water partition coefficient (Wildman–Crippen LogP) is 3.17. The number of amides is 1. The zero-order valence-electron chi connectivity index (χ0n) is 14.0. The standard InChI is InChI=1S/C18H25N3OS/c1-13-17(2,3)14-4-5-18(13,12-14)15(22)20-7-9-21(10-8-20)16-19-6-11-23-16/h6,11,14H,1,4-5,7-10,12H2,2-3H3. The Bertz CT molecular complexity index is 631. The molecule has 1 saturated heterocycles. The van der Waals surface area contributed by atoms with Crippen molar-refractivity contribution in [1.82, 2.24) is 9.88 Å². The fraction of sp³-hybridized carbons (Fsp3) is 0.667. The zero-order valence-corrected chi connectivity index (χ0v) is 14.9. The summed E-state index contributed by atoms with van der Waals surface area (Å²) in [4.78, 5) is 22.1. The van der Waals surface area contributed by atoms with Gasteiger partial charge in [0.2, 0.25) is 5.91 Å². The van der Waals surface area contributed by atoms with Crippen LogP contribution in [0.4, 0.5) is 5.13 Å². The van der Waals surface area contributed by atoms with Crippen LogP contribution in [0.15, 0.2) is 23.7 Å². The van der Waals surface area contributed by atoms with Crippen molar-refractivity contribution < 1.29 is 4.79 Å². The second-order valence-electron chi connectivity index (χ2n) is 7.82. The van der Waals surface area contributed by atoms with E-state index < -0.39 is 0 Å². The predicted molar refractivity (Wildman–Crippen MR) is 93.6 cm³/mol. The summed E-state index contributed by atoms with van der Waals surface area (Å²) in [5.74, 6) is 0.977. The third kappa shape index (κ3) is 2.09. The number of thiazole rings is 1. The second kappa shape index (κ2) is 5.07. The molecule has 0 spiro atoms. The van der Waals surface area contributed by atoms with Crippen LogP contribution in [0, 0.1) is 16.7 Å². The number of carbonyl (C=O) groups excluding carboxylic acids is 1. The first-order valence-electron chi connectivity index (χ1n) is 8.59. The molecule has 5 heteroatoms. The van der Waals surface area contributed by atoms with Crippen molar-refractivity contribution in [1.29, 1.82) is 0 Å². The number of anilines is 1. The Kier molecular flexibility index (Phi) is 3.34. The molecule has 1 aliphatic heterocycles. The van der Waals surface area contributed by atoms with Gasteiger partial charge in [-0.15, -0.1) is 11.3 Å². The average Bonchev–Trinajstić information content (AvgIpc) is 3.26. The molecule has 0 aromatic carbocycles. The van der Waals surface area contributed by atoms with Gasteiger partial charge in [0.25, 0.3) is 0 Å². The van der Waals surface area contributed by atoms with Crippen LogP contribution in [0.2, 0.25) is 0 Å². The molecule has 1 aromatic rings. The topological polar surface area (TPSA) is 36.4 Å². The van der Waals surface area contributed by atoms with Gasteiger partial charge in [-0.25, -0.2) is 4.98 Å². The highest BCUT2D eigenvalue weighted by atomic mass is 32.1. The zero-order chi connectivity index (χ0) is 16.2. The number of nitrogens with zero attached hydrogens (tertiary/aromatic N) is 3. The number of aromatic nitrogens is 1. The van der Waals surface area contributed by atoms with Crippen molar-refractivity contribution in [3.8, 4) is 0 Å². The van der Waals surface area contributed by atoms with E-state index in [9.17, 15) is 4.79 Å². The fourth-order valence-electron chi connectivity index (χ4n) is 4.90. The summed E-state index contributed by atoms with van der Waals surface area (Å²) in [6.07, 6.45) is 5.05. The first kappa shape index (κ1) is 15.2. The Labute approximate surface area is 142 Å². The van der Waals surface area contributed by atoms with Gasteiger partial charge in [0.15, 0.2) is 5.13 Å². The fourth-order valence-corrected chi connectivity index (χ4v) is 5.59. The van der Waals surface area contributed by atoms with Gasteiger partial charge in [0.1, 0.15) is 0 Å². The van der Waals surface area contributed by atoms with Crippen LogP contribution in [-0.4, -0.2) is 42.0 Å². The number of piperazine rings is 1. The van der Waals surface area contributed by atoms with Crippen LogP contribution in [-0.2, 0) is 4.79 Å². The van der Waals surface area contributed by atoms with Crippen LogP contribution < -0.4 is 4.90 Å². The molecule has 4 nitrogen and oxygen atoms in total. The number of rotatable bonds is 2. The highest BCUT2D eigenvalue weighted by Crippen LogP contribution is 2.65. The number of hydrogen-bond acceptors (Lipinski definition) is 4. The number of fused-ring (bicyclic) bond motifs is 2. The average molecular weight is 331 g/mol. The maximum Gasteiger partial charge on any atom is 0.233 e. The van der Waals surface area contributed by atoms with Crippen molar-refractivity contribution in [2.75, 3.05) is 31.1 Å². The van der Waals surface area contributed by atoms with Gasteiger partial charge in [-0.05, 0) is 30.6 Å². The molecule has 2 heterocycles. The molecular weight excluding hydrogens is 306 g/mol. The molecule has 2 atom stereocenters. The smallest absolute Gasteiger partial charge is 0.233 e. The maximum absolute atomic E-state index is 13.3. The van der Waals surface area contributed by atoms with Gasteiger partial charge >= 0.3 is 0 Å². The Morgan fingerprint density at radius 1 is 1.35 bits per heavy atom. The summed E-state index contributed by atoms with van der Waals surface area (Å²) in [5, 5.41) is 3.08. The van der Waals surface area contributed by atoms with Gasteiger partial charge in [-0.3, -0.25) is 4.79 Å². The minimum Gasteiger partial charge on any atom is -0.345 e. The normalized spacial score (nSPS) is 32.6. The van der Waals surface area contributed by atoms with E-state index in [4.69, 9.17) is 0 Å². The Morgan fingerprint density at radius 2 is 2.09 bits per heavy atom. The molecule has 1 aromatic heterocycles.